The number of hydrogen-bond donors (Lipinski definition) is 2. The second-order valence-corrected chi connectivity index (χ2v) is 9.39. The number of urea groups is 1. The molecule has 0 atom stereocenters. The van der Waals surface area contributed by atoms with Crippen molar-refractivity contribution in [2.75, 3.05) is 6.54 Å². The number of rotatable bonds is 9. The second-order valence-electron chi connectivity index (χ2n) is 7.43. The fourth-order valence-corrected chi connectivity index (χ4v) is 4.74. The molecule has 0 bridgehead atoms. The van der Waals surface area contributed by atoms with Gasteiger partial charge in [-0.2, -0.15) is 5.10 Å². The number of nitrogens with zero attached hydrogens (tertiary/aromatic N) is 2. The third kappa shape index (κ3) is 5.94. The van der Waals surface area contributed by atoms with E-state index in [1.807, 2.05) is 24.6 Å². The summed E-state index contributed by atoms with van der Waals surface area (Å²) in [5.41, 5.74) is 3.49. The normalized spacial score (nSPS) is 11.3. The number of unbranched alkanes of at least 4 members (excludes halogenated alkanes) is 1. The number of allylic oxidation sites excluding steroid dienone is 1. The van der Waals surface area contributed by atoms with Gasteiger partial charge in [0.1, 0.15) is 0 Å². The third-order valence-corrected chi connectivity index (χ3v) is 6.50. The summed E-state index contributed by atoms with van der Waals surface area (Å²) in [7, 11) is 0. The zero-order chi connectivity index (χ0) is 23.1. The van der Waals surface area contributed by atoms with Crippen LogP contribution >= 0.6 is 34.5 Å². The summed E-state index contributed by atoms with van der Waals surface area (Å²) < 4.78 is 1.85. The van der Waals surface area contributed by atoms with E-state index in [0.717, 1.165) is 46.8 Å². The Morgan fingerprint density at radius 1 is 1.16 bits per heavy atom. The van der Waals surface area contributed by atoms with Gasteiger partial charge >= 0.3 is 6.03 Å². The van der Waals surface area contributed by atoms with E-state index < -0.39 is 0 Å². The highest BCUT2D eigenvalue weighted by molar-refractivity contribution is 7.16. The molecule has 2 N–H and O–H groups in total. The molecule has 0 aliphatic rings. The van der Waals surface area contributed by atoms with Crippen molar-refractivity contribution in [1.29, 1.82) is 0 Å². The predicted octanol–water partition coefficient (Wildman–Crippen LogP) is 7.24. The van der Waals surface area contributed by atoms with Crippen LogP contribution in [0.2, 0.25) is 10.0 Å². The molecule has 2 aromatic heterocycles. The molecular formula is C24H28Cl2N4OS. The number of hydrogen-bond acceptors (Lipinski definition) is 3. The fourth-order valence-electron chi connectivity index (χ4n) is 3.23. The molecule has 8 heteroatoms. The van der Waals surface area contributed by atoms with Crippen LogP contribution in [-0.2, 0) is 6.54 Å². The molecule has 32 heavy (non-hydrogen) atoms. The van der Waals surface area contributed by atoms with Gasteiger partial charge in [0, 0.05) is 22.0 Å². The number of aromatic nitrogens is 2. The standard InChI is InChI=1S/C24H28Cl2N4OS/c1-4-6-7-8-18-10-12-22(32-18)23-16(3)20(15-28-24(31)27-13-5-2)29-30(23)21-11-9-17(25)14-19(21)26/h7-12,14H,4-6,13,15H2,1-3H3,(H2,27,28,31)/b8-7+. The lowest BCUT2D eigenvalue weighted by Crippen LogP contribution is -2.35. The van der Waals surface area contributed by atoms with Crippen molar-refractivity contribution in [3.8, 4) is 16.3 Å². The van der Waals surface area contributed by atoms with Crippen molar-refractivity contribution in [3.63, 3.8) is 0 Å². The van der Waals surface area contributed by atoms with Gasteiger partial charge in [-0.05, 0) is 56.2 Å². The molecule has 170 valence electrons. The number of carbonyl (C=O) groups excluding carboxylic acids is 1. The minimum absolute atomic E-state index is 0.202. The lowest BCUT2D eigenvalue weighted by Gasteiger charge is -2.09. The maximum Gasteiger partial charge on any atom is 0.315 e. The molecule has 3 rings (SSSR count). The molecule has 0 aliphatic heterocycles. The maximum atomic E-state index is 12.0. The summed E-state index contributed by atoms with van der Waals surface area (Å²) in [6, 6.07) is 9.39. The van der Waals surface area contributed by atoms with E-state index in [0.29, 0.717) is 23.1 Å². The van der Waals surface area contributed by atoms with E-state index in [4.69, 9.17) is 28.3 Å². The van der Waals surface area contributed by atoms with Gasteiger partial charge in [-0.1, -0.05) is 49.5 Å². The summed E-state index contributed by atoms with van der Waals surface area (Å²) >= 11 is 14.3. The monoisotopic (exact) mass is 490 g/mol. The van der Waals surface area contributed by atoms with Crippen LogP contribution in [0.4, 0.5) is 4.79 Å². The molecule has 1 aromatic carbocycles. The molecule has 0 saturated carbocycles. The van der Waals surface area contributed by atoms with Gasteiger partial charge < -0.3 is 10.6 Å². The van der Waals surface area contributed by atoms with E-state index in [2.05, 4.69) is 41.8 Å². The first-order chi connectivity index (χ1) is 15.4. The zero-order valence-electron chi connectivity index (χ0n) is 18.5. The van der Waals surface area contributed by atoms with Crippen LogP contribution in [0.15, 0.2) is 36.4 Å². The molecule has 0 fully saturated rings. The Labute approximate surface area is 203 Å². The zero-order valence-corrected chi connectivity index (χ0v) is 20.9. The summed E-state index contributed by atoms with van der Waals surface area (Å²) in [5.74, 6) is 0. The SMILES string of the molecule is CCC/C=C/c1ccc(-c2c(C)c(CNC(=O)NCCC)nn2-c2ccc(Cl)cc2Cl)s1. The molecule has 3 aromatic rings. The van der Waals surface area contributed by atoms with Crippen LogP contribution in [0, 0.1) is 6.92 Å². The van der Waals surface area contributed by atoms with Crippen LogP contribution in [0.3, 0.4) is 0 Å². The summed E-state index contributed by atoms with van der Waals surface area (Å²) in [6.07, 6.45) is 7.41. The number of benzene rings is 1. The second kappa shape index (κ2) is 11.5. The Morgan fingerprint density at radius 2 is 1.97 bits per heavy atom. The van der Waals surface area contributed by atoms with Gasteiger partial charge in [-0.3, -0.25) is 0 Å². The Morgan fingerprint density at radius 3 is 2.69 bits per heavy atom. The highest BCUT2D eigenvalue weighted by Crippen LogP contribution is 2.36. The highest BCUT2D eigenvalue weighted by Gasteiger charge is 2.20. The fraction of sp³-hybridized carbons (Fsp3) is 0.333. The van der Waals surface area contributed by atoms with E-state index in [1.54, 1.807) is 23.5 Å². The minimum atomic E-state index is -0.202. The largest absolute Gasteiger partial charge is 0.338 e. The third-order valence-electron chi connectivity index (χ3n) is 4.91. The minimum Gasteiger partial charge on any atom is -0.338 e. The van der Waals surface area contributed by atoms with Crippen molar-refractivity contribution in [2.24, 2.45) is 0 Å². The first kappa shape index (κ1) is 24.4. The van der Waals surface area contributed by atoms with E-state index in [1.165, 1.54) is 4.88 Å². The van der Waals surface area contributed by atoms with Gasteiger partial charge in [0.25, 0.3) is 0 Å². The number of amides is 2. The van der Waals surface area contributed by atoms with Gasteiger partial charge in [0.15, 0.2) is 0 Å². The lowest BCUT2D eigenvalue weighted by atomic mass is 10.1. The van der Waals surface area contributed by atoms with Crippen molar-refractivity contribution in [2.45, 2.75) is 46.6 Å². The number of thiophene rings is 1. The molecule has 0 radical (unpaired) electrons. The van der Waals surface area contributed by atoms with Crippen LogP contribution in [0.1, 0.15) is 49.2 Å². The predicted molar refractivity (Wildman–Crippen MR) is 136 cm³/mol. The van der Waals surface area contributed by atoms with Gasteiger partial charge in [-0.25, -0.2) is 9.48 Å². The molecule has 2 amide bonds. The van der Waals surface area contributed by atoms with Gasteiger partial charge in [0.2, 0.25) is 0 Å². The van der Waals surface area contributed by atoms with Crippen molar-refractivity contribution in [1.82, 2.24) is 20.4 Å². The van der Waals surface area contributed by atoms with Crippen LogP contribution in [0.5, 0.6) is 0 Å². The van der Waals surface area contributed by atoms with Crippen molar-refractivity contribution in [3.05, 3.63) is 62.6 Å². The molecule has 0 saturated heterocycles. The Balaban J connectivity index is 2.00. The average molecular weight is 491 g/mol. The summed E-state index contributed by atoms with van der Waals surface area (Å²) in [6.45, 7) is 7.16. The topological polar surface area (TPSA) is 59.0 Å². The Kier molecular flexibility index (Phi) is 8.79. The molecular weight excluding hydrogens is 463 g/mol. The van der Waals surface area contributed by atoms with E-state index in [-0.39, 0.29) is 6.03 Å². The molecule has 2 heterocycles. The maximum absolute atomic E-state index is 12.0. The van der Waals surface area contributed by atoms with E-state index in [9.17, 15) is 4.79 Å². The quantitative estimate of drug-likeness (QED) is 0.332. The average Bonchev–Trinajstić information content (AvgIpc) is 3.35. The summed E-state index contributed by atoms with van der Waals surface area (Å²) in [4.78, 5) is 14.3. The molecule has 0 unspecified atom stereocenters. The van der Waals surface area contributed by atoms with Crippen LogP contribution in [0.25, 0.3) is 22.3 Å². The van der Waals surface area contributed by atoms with Gasteiger partial charge in [-0.15, -0.1) is 11.3 Å². The number of halogens is 2. The van der Waals surface area contributed by atoms with Gasteiger partial charge in [0.05, 0.1) is 33.5 Å². The first-order valence-electron chi connectivity index (χ1n) is 10.8. The van der Waals surface area contributed by atoms with Crippen molar-refractivity contribution >= 4 is 46.6 Å². The van der Waals surface area contributed by atoms with Crippen LogP contribution in [-0.4, -0.2) is 22.4 Å². The smallest absolute Gasteiger partial charge is 0.315 e. The lowest BCUT2D eigenvalue weighted by molar-refractivity contribution is 0.240. The first-order valence-corrected chi connectivity index (χ1v) is 12.3. The number of nitrogens with one attached hydrogen (secondary N) is 2. The molecule has 0 spiro atoms. The Hall–Kier alpha value is -2.28. The summed E-state index contributed by atoms with van der Waals surface area (Å²) in [5, 5.41) is 11.6. The molecule has 0 aliphatic carbocycles. The van der Waals surface area contributed by atoms with Crippen molar-refractivity contribution < 1.29 is 4.79 Å². The van der Waals surface area contributed by atoms with E-state index >= 15 is 0 Å². The molecule has 5 nitrogen and oxygen atoms in total. The number of carbonyl (C=O) groups is 1. The van der Waals surface area contributed by atoms with Crippen LogP contribution < -0.4 is 10.6 Å². The Bertz CT molecular complexity index is 1100. The highest BCUT2D eigenvalue weighted by atomic mass is 35.5.